The van der Waals surface area contributed by atoms with E-state index < -0.39 is 42.7 Å². The molecule has 1 saturated heterocycles. The number of thioether (sulfide) groups is 1. The molecule has 1 fully saturated rings. The number of carbonyl (C=O) groups is 3. The van der Waals surface area contributed by atoms with Gasteiger partial charge in [-0.15, -0.1) is 11.8 Å². The number of carbonyl (C=O) groups excluding carboxylic acids is 2. The van der Waals surface area contributed by atoms with Gasteiger partial charge in [0.2, 0.25) is 16.7 Å². The van der Waals surface area contributed by atoms with Crippen molar-refractivity contribution in [2.45, 2.75) is 18.0 Å². The molecule has 38 heavy (non-hydrogen) atoms. The van der Waals surface area contributed by atoms with Crippen molar-refractivity contribution in [1.29, 1.82) is 0 Å². The summed E-state index contributed by atoms with van der Waals surface area (Å²) < 4.78 is 16.8. The molecule has 15 nitrogen and oxygen atoms in total. The molecule has 2 aliphatic heterocycles. The van der Waals surface area contributed by atoms with E-state index in [1.54, 1.807) is 29.1 Å². The van der Waals surface area contributed by atoms with Gasteiger partial charge in [0.15, 0.2) is 18.9 Å². The number of rotatable bonds is 11. The lowest BCUT2D eigenvalue weighted by Crippen LogP contribution is -2.71. The third-order valence-electron chi connectivity index (χ3n) is 5.13. The van der Waals surface area contributed by atoms with Crippen LogP contribution in [0.2, 0.25) is 0 Å². The Hall–Kier alpha value is -3.63. The van der Waals surface area contributed by atoms with Crippen molar-refractivity contribution >= 4 is 59.7 Å². The lowest BCUT2D eigenvalue weighted by Gasteiger charge is -2.49. The van der Waals surface area contributed by atoms with E-state index in [1.165, 1.54) is 17.8 Å². The molecule has 2 amide bonds. The van der Waals surface area contributed by atoms with Crippen molar-refractivity contribution in [2.75, 3.05) is 17.4 Å². The summed E-state index contributed by atoms with van der Waals surface area (Å²) in [7, 11) is -4.67. The van der Waals surface area contributed by atoms with Crippen LogP contribution in [0.1, 0.15) is 5.82 Å². The number of amides is 2. The zero-order chi connectivity index (χ0) is 27.4. The molecule has 0 spiro atoms. The fourth-order valence-corrected chi connectivity index (χ4v) is 6.18. The second-order valence-corrected chi connectivity index (χ2v) is 10.9. The number of aromatic nitrogens is 3. The van der Waals surface area contributed by atoms with Crippen LogP contribution in [0.4, 0.5) is 5.13 Å². The minimum Gasteiger partial charge on any atom is -0.477 e. The summed E-state index contributed by atoms with van der Waals surface area (Å²) >= 11 is 1.87. The summed E-state index contributed by atoms with van der Waals surface area (Å²) in [6.45, 7) is 3.68. The molecule has 0 aliphatic carbocycles. The number of aliphatic carboxylic acids is 1. The van der Waals surface area contributed by atoms with E-state index in [9.17, 15) is 24.1 Å². The Kier molecular flexibility index (Phi) is 8.23. The third kappa shape index (κ3) is 6.08. The summed E-state index contributed by atoms with van der Waals surface area (Å²) in [4.78, 5) is 66.3. The van der Waals surface area contributed by atoms with E-state index in [1.807, 2.05) is 11.2 Å². The van der Waals surface area contributed by atoms with Crippen molar-refractivity contribution in [1.82, 2.24) is 19.6 Å². The number of β-lactam (4-membered cyclic amide) rings is 1. The van der Waals surface area contributed by atoms with Gasteiger partial charge >= 0.3 is 13.7 Å². The first-order valence-corrected chi connectivity index (χ1v) is 14.2. The van der Waals surface area contributed by atoms with Crippen molar-refractivity contribution in [3.05, 3.63) is 60.3 Å². The van der Waals surface area contributed by atoms with E-state index in [0.717, 1.165) is 4.90 Å². The number of nitrogens with zero attached hydrogens (tertiary/aromatic N) is 5. The summed E-state index contributed by atoms with van der Waals surface area (Å²) in [6, 6.07) is 4.38. The number of fused-ring (bicyclic) bond motifs is 1. The summed E-state index contributed by atoms with van der Waals surface area (Å²) in [5, 5.41) is 17.0. The lowest BCUT2D eigenvalue weighted by atomic mass is 10.0. The van der Waals surface area contributed by atoms with Gasteiger partial charge in [-0.05, 0) is 0 Å². The Labute approximate surface area is 223 Å². The SMILES string of the molecule is C=CCO/N=C(\C(=O)NC1C(=O)N2C(C(=O)O)=C(C[n+]3ccccc3)CS[C@H]12)c1nsc(NP(=O)(O)O)n1. The van der Waals surface area contributed by atoms with E-state index in [2.05, 4.69) is 26.4 Å². The van der Waals surface area contributed by atoms with Crippen LogP contribution in [0.15, 0.2) is 59.7 Å². The van der Waals surface area contributed by atoms with Crippen LogP contribution in [-0.4, -0.2) is 76.4 Å². The molecule has 0 radical (unpaired) electrons. The predicted octanol–water partition coefficient (Wildman–Crippen LogP) is -0.324. The first-order chi connectivity index (χ1) is 18.1. The minimum atomic E-state index is -4.67. The zero-order valence-corrected chi connectivity index (χ0v) is 21.9. The average molecular weight is 583 g/mol. The van der Waals surface area contributed by atoms with E-state index in [0.29, 0.717) is 22.9 Å². The van der Waals surface area contributed by atoms with Crippen LogP contribution in [0.25, 0.3) is 0 Å². The monoisotopic (exact) mass is 582 g/mol. The van der Waals surface area contributed by atoms with E-state index in [4.69, 9.17) is 14.6 Å². The molecule has 2 atom stereocenters. The van der Waals surface area contributed by atoms with Gasteiger partial charge in [-0.2, -0.15) is 9.36 Å². The van der Waals surface area contributed by atoms with Gasteiger partial charge in [0.05, 0.1) is 0 Å². The molecular weight excluding hydrogens is 561 g/mol. The molecule has 5 N–H and O–H groups in total. The van der Waals surface area contributed by atoms with Crippen LogP contribution in [0, 0.1) is 0 Å². The van der Waals surface area contributed by atoms with Crippen LogP contribution in [0.3, 0.4) is 0 Å². The largest absolute Gasteiger partial charge is 0.477 e. The summed E-state index contributed by atoms with van der Waals surface area (Å²) in [5.41, 5.74) is -0.0351. The highest BCUT2D eigenvalue weighted by Gasteiger charge is 2.54. The van der Waals surface area contributed by atoms with Crippen molar-refractivity contribution in [3.63, 3.8) is 0 Å². The van der Waals surface area contributed by atoms with Gasteiger partial charge in [0.25, 0.3) is 11.8 Å². The Bertz CT molecular complexity index is 1380. The molecule has 0 aromatic carbocycles. The maximum atomic E-state index is 13.1. The number of hydrogen-bond acceptors (Lipinski definition) is 10. The molecule has 1 unspecified atom stereocenters. The predicted molar refractivity (Wildman–Crippen MR) is 135 cm³/mol. The highest BCUT2D eigenvalue weighted by Crippen LogP contribution is 2.40. The lowest BCUT2D eigenvalue weighted by molar-refractivity contribution is -0.689. The highest BCUT2D eigenvalue weighted by molar-refractivity contribution is 8.00. The quantitative estimate of drug-likeness (QED) is 0.0439. The second kappa shape index (κ2) is 11.4. The first-order valence-electron chi connectivity index (χ1n) is 10.7. The van der Waals surface area contributed by atoms with Crippen molar-refractivity contribution in [2.24, 2.45) is 5.16 Å². The van der Waals surface area contributed by atoms with Gasteiger partial charge in [-0.25, -0.2) is 13.9 Å². The highest BCUT2D eigenvalue weighted by atomic mass is 32.2. The second-order valence-electron chi connectivity index (χ2n) is 7.77. The standard InChI is InChI=1S/C20H20N7O8PS2/c1-2-8-35-23-12(15-22-20(38-25-15)24-36(32,33)34)16(28)21-13-17(29)27-14(19(30)31)11(10-37-18(13)27)9-26-6-4-3-5-7-26/h2-7,13,18H,1,8-10H2,(H4-,21,22,24,25,28,30,31,32,33,34)/p+1/b23-12-/t13?,18-/m1/s1. The molecule has 4 heterocycles. The number of carboxylic acid groups (broad SMARTS) is 1. The summed E-state index contributed by atoms with van der Waals surface area (Å²) in [5.74, 6) is -2.76. The summed E-state index contributed by atoms with van der Waals surface area (Å²) in [6.07, 6.45) is 4.94. The van der Waals surface area contributed by atoms with Crippen LogP contribution < -0.4 is 15.0 Å². The minimum absolute atomic E-state index is 0.0713. The maximum absolute atomic E-state index is 13.1. The number of pyridine rings is 1. The Balaban J connectivity index is 1.53. The zero-order valence-electron chi connectivity index (χ0n) is 19.3. The molecule has 4 rings (SSSR count). The fourth-order valence-electron chi connectivity index (χ4n) is 3.60. The van der Waals surface area contributed by atoms with Gasteiger partial charge in [-0.3, -0.25) is 19.6 Å². The molecule has 200 valence electrons. The maximum Gasteiger partial charge on any atom is 0.429 e. The van der Waals surface area contributed by atoms with E-state index in [-0.39, 0.29) is 29.8 Å². The molecule has 18 heteroatoms. The molecule has 0 saturated carbocycles. The van der Waals surface area contributed by atoms with Crippen LogP contribution in [0.5, 0.6) is 0 Å². The van der Waals surface area contributed by atoms with Crippen molar-refractivity contribution in [3.8, 4) is 0 Å². The van der Waals surface area contributed by atoms with Gasteiger partial charge in [0, 0.05) is 35.0 Å². The Morgan fingerprint density at radius 3 is 2.74 bits per heavy atom. The van der Waals surface area contributed by atoms with Gasteiger partial charge in [0.1, 0.15) is 23.7 Å². The number of hydrogen-bond donors (Lipinski definition) is 5. The molecule has 0 bridgehead atoms. The number of oxime groups is 1. The normalized spacial score (nSPS) is 19.4. The molecule has 2 aromatic heterocycles. The third-order valence-corrected chi connectivity index (χ3v) is 7.75. The average Bonchev–Trinajstić information content (AvgIpc) is 3.31. The Morgan fingerprint density at radius 1 is 1.34 bits per heavy atom. The topological polar surface area (TPSA) is 208 Å². The van der Waals surface area contributed by atoms with Gasteiger partial charge in [-0.1, -0.05) is 23.9 Å². The molecular formula is C20H21N7O8PS2+. The van der Waals surface area contributed by atoms with E-state index >= 15 is 0 Å². The number of carboxylic acids is 1. The number of nitrogens with one attached hydrogen (secondary N) is 2. The Morgan fingerprint density at radius 2 is 2.08 bits per heavy atom. The van der Waals surface area contributed by atoms with Crippen molar-refractivity contribution < 1.29 is 43.2 Å². The molecule has 2 aliphatic rings. The fraction of sp³-hybridized carbons (Fsp3) is 0.250. The number of anilines is 1. The first kappa shape index (κ1) is 27.4. The van der Waals surface area contributed by atoms with Crippen LogP contribution >= 0.6 is 31.0 Å². The van der Waals surface area contributed by atoms with Crippen LogP contribution in [-0.2, 0) is 30.3 Å². The van der Waals surface area contributed by atoms with Gasteiger partial charge < -0.3 is 25.0 Å². The molecule has 2 aromatic rings. The smallest absolute Gasteiger partial charge is 0.429 e.